The minimum Gasteiger partial charge on any atom is -0.505 e. The van der Waals surface area contributed by atoms with Gasteiger partial charge in [0.05, 0.1) is 11.8 Å². The van der Waals surface area contributed by atoms with Crippen molar-refractivity contribution in [3.63, 3.8) is 0 Å². The molecule has 2 amide bonds. The number of amides is 2. The van der Waals surface area contributed by atoms with Crippen LogP contribution in [0.4, 0.5) is 10.5 Å². The van der Waals surface area contributed by atoms with Gasteiger partial charge in [0.2, 0.25) is 0 Å². The van der Waals surface area contributed by atoms with Crippen LogP contribution in [0.25, 0.3) is 0 Å². The van der Waals surface area contributed by atoms with E-state index in [9.17, 15) is 19.8 Å². The van der Waals surface area contributed by atoms with E-state index >= 15 is 0 Å². The number of carboxylic acid groups (broad SMARTS) is 1. The highest BCUT2D eigenvalue weighted by Crippen LogP contribution is 2.28. The molecule has 1 aromatic carbocycles. The number of aromatic hydroxyl groups is 1. The quantitative estimate of drug-likeness (QED) is 0.615. The van der Waals surface area contributed by atoms with Crippen molar-refractivity contribution in [1.29, 1.82) is 0 Å². The number of urea groups is 1. The summed E-state index contributed by atoms with van der Waals surface area (Å²) >= 11 is 0. The molecule has 0 saturated carbocycles. The summed E-state index contributed by atoms with van der Waals surface area (Å²) in [5.41, 5.74) is -0.214. The van der Waals surface area contributed by atoms with Gasteiger partial charge in [-0.3, -0.25) is 0 Å². The van der Waals surface area contributed by atoms with Gasteiger partial charge >= 0.3 is 12.0 Å². The van der Waals surface area contributed by atoms with Crippen LogP contribution in [0.2, 0.25) is 0 Å². The van der Waals surface area contributed by atoms with Gasteiger partial charge in [0, 0.05) is 13.1 Å². The zero-order valence-corrected chi connectivity index (χ0v) is 11.6. The molecule has 1 saturated heterocycles. The van der Waals surface area contributed by atoms with Gasteiger partial charge in [0.15, 0.2) is 5.75 Å². The zero-order chi connectivity index (χ0) is 15.6. The number of para-hydroxylation sites is 1. The normalized spacial score (nSPS) is 21.9. The summed E-state index contributed by atoms with van der Waals surface area (Å²) in [6, 6.07) is 3.71. The molecule has 1 aromatic rings. The van der Waals surface area contributed by atoms with Gasteiger partial charge in [-0.2, -0.15) is 0 Å². The highest BCUT2D eigenvalue weighted by molar-refractivity contribution is 5.97. The highest BCUT2D eigenvalue weighted by atomic mass is 16.4. The number of aliphatic hydroxyl groups is 1. The summed E-state index contributed by atoms with van der Waals surface area (Å²) < 4.78 is 0. The molecule has 2 unspecified atom stereocenters. The van der Waals surface area contributed by atoms with Crippen LogP contribution < -0.4 is 5.32 Å². The lowest BCUT2D eigenvalue weighted by atomic mass is 9.97. The minimum absolute atomic E-state index is 0.0246. The molecule has 0 aliphatic carbocycles. The second kappa shape index (κ2) is 6.01. The van der Waals surface area contributed by atoms with Crippen LogP contribution in [0.1, 0.15) is 23.7 Å². The van der Waals surface area contributed by atoms with E-state index in [0.717, 1.165) is 0 Å². The Morgan fingerprint density at radius 2 is 2.10 bits per heavy atom. The van der Waals surface area contributed by atoms with Crippen molar-refractivity contribution in [2.24, 2.45) is 5.92 Å². The van der Waals surface area contributed by atoms with E-state index in [1.165, 1.54) is 23.1 Å². The lowest BCUT2D eigenvalue weighted by molar-refractivity contribution is 0.0505. The average Bonchev–Trinajstić information content (AvgIpc) is 2.43. The fourth-order valence-corrected chi connectivity index (χ4v) is 2.33. The molecule has 0 bridgehead atoms. The number of carbonyl (C=O) groups excluding carboxylic acids is 1. The lowest BCUT2D eigenvalue weighted by Crippen LogP contribution is -2.46. The van der Waals surface area contributed by atoms with Crippen LogP contribution in [0.5, 0.6) is 5.75 Å². The Kier molecular flexibility index (Phi) is 4.32. The summed E-state index contributed by atoms with van der Waals surface area (Å²) in [7, 11) is 0. The monoisotopic (exact) mass is 294 g/mol. The third-order valence-corrected chi connectivity index (χ3v) is 3.66. The largest absolute Gasteiger partial charge is 0.505 e. The highest BCUT2D eigenvalue weighted by Gasteiger charge is 2.27. The number of anilines is 1. The van der Waals surface area contributed by atoms with Crippen LogP contribution >= 0.6 is 0 Å². The number of benzene rings is 1. The molecule has 1 heterocycles. The van der Waals surface area contributed by atoms with E-state index in [2.05, 4.69) is 5.32 Å². The van der Waals surface area contributed by atoms with E-state index in [1.807, 2.05) is 6.92 Å². The third kappa shape index (κ3) is 3.25. The smallest absolute Gasteiger partial charge is 0.339 e. The SMILES string of the molecule is CC1CN(C(=O)Nc2cccc(C(=O)O)c2O)CCC1O. The number of hydrogen-bond donors (Lipinski definition) is 4. The first-order valence-corrected chi connectivity index (χ1v) is 6.69. The van der Waals surface area contributed by atoms with E-state index in [1.54, 1.807) is 0 Å². The fraction of sp³-hybridized carbons (Fsp3) is 0.429. The number of likely N-dealkylation sites (tertiary alicyclic amines) is 1. The second-order valence-corrected chi connectivity index (χ2v) is 5.22. The van der Waals surface area contributed by atoms with Crippen LogP contribution in [0.3, 0.4) is 0 Å². The molecule has 114 valence electrons. The number of rotatable bonds is 2. The summed E-state index contributed by atoms with van der Waals surface area (Å²) in [5.74, 6) is -1.76. The number of aromatic carboxylic acids is 1. The molecule has 1 aliphatic rings. The molecule has 2 rings (SSSR count). The minimum atomic E-state index is -1.27. The molecular weight excluding hydrogens is 276 g/mol. The maximum atomic E-state index is 12.1. The fourth-order valence-electron chi connectivity index (χ4n) is 2.33. The predicted molar refractivity (Wildman–Crippen MR) is 75.4 cm³/mol. The van der Waals surface area contributed by atoms with Gasteiger partial charge in [0.25, 0.3) is 0 Å². The van der Waals surface area contributed by atoms with Gasteiger partial charge < -0.3 is 25.5 Å². The van der Waals surface area contributed by atoms with Gasteiger partial charge in [0.1, 0.15) is 5.56 Å². The van der Waals surface area contributed by atoms with Crippen LogP contribution in [-0.2, 0) is 0 Å². The van der Waals surface area contributed by atoms with Crippen molar-refractivity contribution in [1.82, 2.24) is 4.90 Å². The first-order valence-electron chi connectivity index (χ1n) is 6.69. The molecular formula is C14H18N2O5. The van der Waals surface area contributed by atoms with Gasteiger partial charge in [-0.05, 0) is 24.5 Å². The molecule has 4 N–H and O–H groups in total. The molecule has 7 heteroatoms. The summed E-state index contributed by atoms with van der Waals surface area (Å²) in [6.45, 7) is 2.68. The number of piperidine rings is 1. The summed E-state index contributed by atoms with van der Waals surface area (Å²) in [4.78, 5) is 24.6. The Morgan fingerprint density at radius 1 is 1.38 bits per heavy atom. The predicted octanol–water partition coefficient (Wildman–Crippen LogP) is 1.32. The standard InChI is InChI=1S/C14H18N2O5/c1-8-7-16(6-5-11(8)17)14(21)15-10-4-2-3-9(12(10)18)13(19)20/h2-4,8,11,17-18H,5-7H2,1H3,(H,15,21)(H,19,20). The Hall–Kier alpha value is -2.28. The number of hydrogen-bond acceptors (Lipinski definition) is 4. The Labute approximate surface area is 121 Å². The first-order chi connectivity index (χ1) is 9.90. The van der Waals surface area contributed by atoms with Gasteiger partial charge in [-0.15, -0.1) is 0 Å². The first kappa shape index (κ1) is 15.1. The Balaban J connectivity index is 2.10. The number of aliphatic hydroxyl groups excluding tert-OH is 1. The van der Waals surface area contributed by atoms with Crippen LogP contribution in [0.15, 0.2) is 18.2 Å². The van der Waals surface area contributed by atoms with Crippen molar-refractivity contribution in [2.75, 3.05) is 18.4 Å². The van der Waals surface area contributed by atoms with Crippen molar-refractivity contribution in [3.8, 4) is 5.75 Å². The molecule has 0 spiro atoms. The van der Waals surface area contributed by atoms with Crippen molar-refractivity contribution in [3.05, 3.63) is 23.8 Å². The molecule has 0 radical (unpaired) electrons. The van der Waals surface area contributed by atoms with Crippen LogP contribution in [-0.4, -0.2) is 51.4 Å². The Bertz CT molecular complexity index is 560. The molecule has 0 aromatic heterocycles. The second-order valence-electron chi connectivity index (χ2n) is 5.22. The lowest BCUT2D eigenvalue weighted by Gasteiger charge is -2.34. The van der Waals surface area contributed by atoms with Crippen molar-refractivity contribution in [2.45, 2.75) is 19.4 Å². The number of nitrogens with zero attached hydrogens (tertiary/aromatic N) is 1. The van der Waals surface area contributed by atoms with Gasteiger partial charge in [-0.1, -0.05) is 13.0 Å². The van der Waals surface area contributed by atoms with E-state index in [-0.39, 0.29) is 17.2 Å². The van der Waals surface area contributed by atoms with E-state index in [0.29, 0.717) is 19.5 Å². The van der Waals surface area contributed by atoms with Crippen molar-refractivity contribution >= 4 is 17.7 Å². The summed E-state index contributed by atoms with van der Waals surface area (Å²) in [6.07, 6.45) is 0.0771. The number of phenols is 1. The van der Waals surface area contributed by atoms with E-state index in [4.69, 9.17) is 5.11 Å². The topological polar surface area (TPSA) is 110 Å². The maximum Gasteiger partial charge on any atom is 0.339 e. The van der Waals surface area contributed by atoms with E-state index < -0.39 is 23.9 Å². The molecule has 2 atom stereocenters. The zero-order valence-electron chi connectivity index (χ0n) is 11.6. The third-order valence-electron chi connectivity index (χ3n) is 3.66. The number of nitrogens with one attached hydrogen (secondary N) is 1. The number of carbonyl (C=O) groups is 2. The molecule has 1 fully saturated rings. The average molecular weight is 294 g/mol. The number of carboxylic acids is 1. The molecule has 1 aliphatic heterocycles. The molecule has 21 heavy (non-hydrogen) atoms. The Morgan fingerprint density at radius 3 is 2.71 bits per heavy atom. The van der Waals surface area contributed by atoms with Crippen LogP contribution in [0, 0.1) is 5.92 Å². The van der Waals surface area contributed by atoms with Crippen molar-refractivity contribution < 1.29 is 24.9 Å². The van der Waals surface area contributed by atoms with Gasteiger partial charge in [-0.25, -0.2) is 9.59 Å². The maximum absolute atomic E-state index is 12.1. The summed E-state index contributed by atoms with van der Waals surface area (Å²) in [5, 5.41) is 30.9. The molecule has 7 nitrogen and oxygen atoms in total.